The van der Waals surface area contributed by atoms with Crippen molar-refractivity contribution in [3.8, 4) is 0 Å². The van der Waals surface area contributed by atoms with Crippen molar-refractivity contribution in [3.63, 3.8) is 0 Å². The lowest BCUT2D eigenvalue weighted by atomic mass is 10.1. The van der Waals surface area contributed by atoms with Gasteiger partial charge in [-0.15, -0.1) is 0 Å². The zero-order valence-corrected chi connectivity index (χ0v) is 10.1. The zero-order chi connectivity index (χ0) is 13.1. The summed E-state index contributed by atoms with van der Waals surface area (Å²) in [7, 11) is 0. The molecule has 0 saturated carbocycles. The summed E-state index contributed by atoms with van der Waals surface area (Å²) in [6, 6.07) is 7.15. The molecule has 0 bridgehead atoms. The molecule has 2 rings (SSSR count). The summed E-state index contributed by atoms with van der Waals surface area (Å²) < 4.78 is 5.00. The highest BCUT2D eigenvalue weighted by Gasteiger charge is 2.22. The van der Waals surface area contributed by atoms with Gasteiger partial charge in [-0.2, -0.15) is 5.10 Å². The number of nitrogens with one attached hydrogen (secondary N) is 2. The molecule has 0 radical (unpaired) electrons. The van der Waals surface area contributed by atoms with Crippen LogP contribution in [-0.4, -0.2) is 23.8 Å². The van der Waals surface area contributed by atoms with Crippen molar-refractivity contribution in [1.29, 1.82) is 0 Å². The van der Waals surface area contributed by atoms with Gasteiger partial charge in [-0.25, -0.2) is 10.2 Å². The minimum atomic E-state index is -0.555. The number of benzene rings is 1. The van der Waals surface area contributed by atoms with E-state index in [1.165, 1.54) is 6.92 Å². The van der Waals surface area contributed by atoms with E-state index in [0.29, 0.717) is 11.4 Å². The fourth-order valence-electron chi connectivity index (χ4n) is 1.67. The number of hydrogen-bond acceptors (Lipinski definition) is 4. The predicted octanol–water partition coefficient (Wildman–Crippen LogP) is 1.48. The smallest absolute Gasteiger partial charge is 0.428 e. The maximum atomic E-state index is 10.9. The molecular weight excluding hydrogens is 234 g/mol. The second kappa shape index (κ2) is 4.87. The van der Waals surface area contributed by atoms with Gasteiger partial charge in [-0.05, 0) is 19.1 Å². The molecule has 1 atom stereocenters. The van der Waals surface area contributed by atoms with E-state index in [4.69, 9.17) is 4.74 Å². The first-order valence-corrected chi connectivity index (χ1v) is 5.48. The predicted molar refractivity (Wildman–Crippen MR) is 66.4 cm³/mol. The summed E-state index contributed by atoms with van der Waals surface area (Å²) in [6.07, 6.45) is -0.952. The molecule has 94 valence electrons. The average Bonchev–Trinajstić information content (AvgIpc) is 2.30. The van der Waals surface area contributed by atoms with Crippen LogP contribution in [0.4, 0.5) is 10.5 Å². The third-order valence-corrected chi connectivity index (χ3v) is 2.44. The molecule has 1 aliphatic heterocycles. The third kappa shape index (κ3) is 2.65. The van der Waals surface area contributed by atoms with E-state index in [0.717, 1.165) is 5.56 Å². The number of nitrogens with zero attached hydrogens (tertiary/aromatic N) is 1. The molecule has 1 aromatic rings. The Balaban J connectivity index is 2.19. The number of amides is 2. The molecule has 1 heterocycles. The van der Waals surface area contributed by atoms with Crippen molar-refractivity contribution in [2.75, 3.05) is 5.32 Å². The van der Waals surface area contributed by atoms with E-state index in [2.05, 4.69) is 15.8 Å². The zero-order valence-electron chi connectivity index (χ0n) is 10.1. The Hall–Kier alpha value is -2.37. The fourth-order valence-corrected chi connectivity index (χ4v) is 1.67. The summed E-state index contributed by atoms with van der Waals surface area (Å²) in [5, 5.41) is 6.63. The molecule has 0 aromatic heterocycles. The number of cyclic esters (lactones) is 1. The minimum Gasteiger partial charge on any atom is -0.439 e. The first kappa shape index (κ1) is 12.1. The van der Waals surface area contributed by atoms with Crippen LogP contribution in [-0.2, 0) is 9.53 Å². The summed E-state index contributed by atoms with van der Waals surface area (Å²) >= 11 is 0. The van der Waals surface area contributed by atoms with Gasteiger partial charge in [-0.3, -0.25) is 4.79 Å². The second-order valence-corrected chi connectivity index (χ2v) is 3.91. The van der Waals surface area contributed by atoms with E-state index in [1.807, 2.05) is 0 Å². The van der Waals surface area contributed by atoms with Crippen LogP contribution in [0.3, 0.4) is 0 Å². The van der Waals surface area contributed by atoms with Gasteiger partial charge < -0.3 is 10.1 Å². The molecule has 1 aromatic carbocycles. The highest BCUT2D eigenvalue weighted by Crippen LogP contribution is 2.14. The quantitative estimate of drug-likeness (QED) is 0.830. The van der Waals surface area contributed by atoms with Crippen molar-refractivity contribution >= 4 is 23.4 Å². The van der Waals surface area contributed by atoms with Gasteiger partial charge in [0.15, 0.2) is 0 Å². The maximum Gasteiger partial charge on any atom is 0.428 e. The van der Waals surface area contributed by atoms with E-state index in [9.17, 15) is 9.59 Å². The van der Waals surface area contributed by atoms with Gasteiger partial charge in [0, 0.05) is 18.2 Å². The minimum absolute atomic E-state index is 0.123. The van der Waals surface area contributed by atoms with Crippen molar-refractivity contribution in [1.82, 2.24) is 5.43 Å². The monoisotopic (exact) mass is 247 g/mol. The van der Waals surface area contributed by atoms with Crippen LogP contribution in [0.15, 0.2) is 29.4 Å². The Morgan fingerprint density at radius 1 is 1.39 bits per heavy atom. The number of hydrazone groups is 1. The van der Waals surface area contributed by atoms with Crippen LogP contribution in [0.2, 0.25) is 0 Å². The molecule has 18 heavy (non-hydrogen) atoms. The lowest BCUT2D eigenvalue weighted by Gasteiger charge is -2.20. The lowest BCUT2D eigenvalue weighted by Crippen LogP contribution is -2.37. The maximum absolute atomic E-state index is 10.9. The molecule has 0 fully saturated rings. The number of rotatable bonds is 2. The third-order valence-electron chi connectivity index (χ3n) is 2.44. The summed E-state index contributed by atoms with van der Waals surface area (Å²) in [6.45, 7) is 3.20. The number of ether oxygens (including phenoxy) is 1. The standard InChI is InChI=1S/C12H13N3O3/c1-7-11(14-15-12(17)18-7)9-3-5-10(6-4-9)13-8(2)16/h3-7H,1-2H3,(H,13,16)(H,15,17). The molecule has 0 saturated heterocycles. The van der Waals surface area contributed by atoms with E-state index >= 15 is 0 Å². The van der Waals surface area contributed by atoms with Gasteiger partial charge >= 0.3 is 6.09 Å². The normalized spacial score (nSPS) is 18.4. The van der Waals surface area contributed by atoms with Crippen LogP contribution in [0.1, 0.15) is 19.4 Å². The van der Waals surface area contributed by atoms with Gasteiger partial charge in [0.2, 0.25) is 5.91 Å². The first-order valence-electron chi connectivity index (χ1n) is 5.48. The molecule has 2 N–H and O–H groups in total. The summed E-state index contributed by atoms with van der Waals surface area (Å²) in [5.41, 5.74) is 4.45. The molecule has 0 aliphatic carbocycles. The Morgan fingerprint density at radius 2 is 2.06 bits per heavy atom. The largest absolute Gasteiger partial charge is 0.439 e. The Morgan fingerprint density at radius 3 is 2.61 bits per heavy atom. The summed E-state index contributed by atoms with van der Waals surface area (Å²) in [5.74, 6) is -0.123. The number of hydrogen-bond donors (Lipinski definition) is 2. The van der Waals surface area contributed by atoms with Crippen molar-refractivity contribution < 1.29 is 14.3 Å². The van der Waals surface area contributed by atoms with Crippen LogP contribution in [0.5, 0.6) is 0 Å². The molecule has 2 amide bonds. The number of carbonyl (C=O) groups excluding carboxylic acids is 2. The van der Waals surface area contributed by atoms with Gasteiger partial charge in [0.05, 0.1) is 0 Å². The van der Waals surface area contributed by atoms with Gasteiger partial charge in [0.1, 0.15) is 11.8 Å². The summed E-state index contributed by atoms with van der Waals surface area (Å²) in [4.78, 5) is 21.8. The second-order valence-electron chi connectivity index (χ2n) is 3.91. The molecule has 1 unspecified atom stereocenters. The van der Waals surface area contributed by atoms with Gasteiger partial charge in [0.25, 0.3) is 0 Å². The van der Waals surface area contributed by atoms with Crippen molar-refractivity contribution in [2.24, 2.45) is 5.10 Å². The Labute approximate surface area is 104 Å². The number of carbonyl (C=O) groups is 2. The van der Waals surface area contributed by atoms with Crippen molar-refractivity contribution in [3.05, 3.63) is 29.8 Å². The van der Waals surface area contributed by atoms with Crippen molar-refractivity contribution in [2.45, 2.75) is 20.0 Å². The van der Waals surface area contributed by atoms with Crippen LogP contribution < -0.4 is 10.7 Å². The Kier molecular flexibility index (Phi) is 3.27. The molecule has 1 aliphatic rings. The highest BCUT2D eigenvalue weighted by molar-refractivity contribution is 6.06. The fraction of sp³-hybridized carbons (Fsp3) is 0.250. The highest BCUT2D eigenvalue weighted by atomic mass is 16.6. The van der Waals surface area contributed by atoms with E-state index < -0.39 is 12.2 Å². The molecule has 6 heteroatoms. The molecule has 6 nitrogen and oxygen atoms in total. The first-order chi connectivity index (χ1) is 8.56. The molecule has 0 spiro atoms. The van der Waals surface area contributed by atoms with E-state index in [-0.39, 0.29) is 5.91 Å². The Bertz CT molecular complexity index is 508. The van der Waals surface area contributed by atoms with Gasteiger partial charge in [-0.1, -0.05) is 12.1 Å². The SMILES string of the molecule is CC(=O)Nc1ccc(C2=NNC(=O)OC2C)cc1. The number of anilines is 1. The van der Waals surface area contributed by atoms with Crippen LogP contribution >= 0.6 is 0 Å². The topological polar surface area (TPSA) is 79.8 Å². The van der Waals surface area contributed by atoms with Crippen LogP contribution in [0.25, 0.3) is 0 Å². The van der Waals surface area contributed by atoms with Crippen LogP contribution in [0, 0.1) is 0 Å². The van der Waals surface area contributed by atoms with E-state index in [1.54, 1.807) is 31.2 Å². The average molecular weight is 247 g/mol. The lowest BCUT2D eigenvalue weighted by molar-refractivity contribution is -0.114. The molecular formula is C12H13N3O3.